The van der Waals surface area contributed by atoms with Crippen LogP contribution in [-0.2, 0) is 16.1 Å². The Morgan fingerprint density at radius 3 is 2.69 bits per heavy atom. The molecule has 0 heterocycles. The Morgan fingerprint density at radius 1 is 1.44 bits per heavy atom. The highest BCUT2D eigenvalue weighted by molar-refractivity contribution is 5.71. The Labute approximate surface area is 94.8 Å². The highest BCUT2D eigenvalue weighted by Gasteiger charge is 2.00. The fourth-order valence-electron chi connectivity index (χ4n) is 1.22. The van der Waals surface area contributed by atoms with Crippen LogP contribution in [0.4, 0.5) is 0 Å². The van der Waals surface area contributed by atoms with Crippen molar-refractivity contribution in [2.45, 2.75) is 13.5 Å². The Balaban J connectivity index is 2.32. The van der Waals surface area contributed by atoms with E-state index in [-0.39, 0.29) is 12.5 Å². The number of nitrogens with zero attached hydrogens (tertiary/aromatic N) is 1. The number of carbonyl (C=O) groups is 1. The van der Waals surface area contributed by atoms with Gasteiger partial charge in [0.15, 0.2) is 0 Å². The SMILES string of the molecule is CCOC(=O)CNCc1ccc(C#N)cc1. The largest absolute Gasteiger partial charge is 0.465 e. The minimum Gasteiger partial charge on any atom is -0.465 e. The lowest BCUT2D eigenvalue weighted by molar-refractivity contribution is -0.142. The first-order valence-electron chi connectivity index (χ1n) is 5.11. The number of hydrogen-bond donors (Lipinski definition) is 1. The van der Waals surface area contributed by atoms with Crippen molar-refractivity contribution in [2.24, 2.45) is 0 Å². The van der Waals surface area contributed by atoms with Crippen molar-refractivity contribution in [3.63, 3.8) is 0 Å². The van der Waals surface area contributed by atoms with E-state index in [1.165, 1.54) is 0 Å². The molecule has 0 aromatic heterocycles. The van der Waals surface area contributed by atoms with Gasteiger partial charge in [-0.2, -0.15) is 5.26 Å². The van der Waals surface area contributed by atoms with Crippen LogP contribution < -0.4 is 5.32 Å². The molecule has 0 atom stereocenters. The Bertz CT molecular complexity index is 379. The molecular formula is C12H14N2O2. The average Bonchev–Trinajstić information content (AvgIpc) is 2.30. The minimum absolute atomic E-state index is 0.202. The molecule has 1 aromatic carbocycles. The summed E-state index contributed by atoms with van der Waals surface area (Å²) >= 11 is 0. The van der Waals surface area contributed by atoms with Crippen LogP contribution in [0.2, 0.25) is 0 Å². The van der Waals surface area contributed by atoms with E-state index in [2.05, 4.69) is 11.4 Å². The van der Waals surface area contributed by atoms with E-state index in [1.54, 1.807) is 19.1 Å². The molecule has 0 saturated carbocycles. The molecule has 0 fully saturated rings. The van der Waals surface area contributed by atoms with Crippen LogP contribution in [0.3, 0.4) is 0 Å². The third-order valence-electron chi connectivity index (χ3n) is 1.99. The van der Waals surface area contributed by atoms with Crippen LogP contribution in [0.25, 0.3) is 0 Å². The number of ether oxygens (including phenoxy) is 1. The maximum Gasteiger partial charge on any atom is 0.319 e. The lowest BCUT2D eigenvalue weighted by Gasteiger charge is -2.04. The van der Waals surface area contributed by atoms with Gasteiger partial charge in [0.1, 0.15) is 0 Å². The number of benzene rings is 1. The van der Waals surface area contributed by atoms with Crippen molar-refractivity contribution >= 4 is 5.97 Å². The van der Waals surface area contributed by atoms with E-state index in [4.69, 9.17) is 10.00 Å². The molecule has 0 aliphatic heterocycles. The quantitative estimate of drug-likeness (QED) is 0.754. The molecule has 0 spiro atoms. The third-order valence-corrected chi connectivity index (χ3v) is 1.99. The average molecular weight is 218 g/mol. The molecule has 84 valence electrons. The molecule has 0 amide bonds. The first-order valence-corrected chi connectivity index (χ1v) is 5.11. The number of rotatable bonds is 5. The lowest BCUT2D eigenvalue weighted by Crippen LogP contribution is -2.24. The summed E-state index contributed by atoms with van der Waals surface area (Å²) in [5.74, 6) is -0.254. The molecule has 0 aliphatic rings. The highest BCUT2D eigenvalue weighted by Crippen LogP contribution is 2.02. The summed E-state index contributed by atoms with van der Waals surface area (Å²) in [6.45, 7) is 2.97. The summed E-state index contributed by atoms with van der Waals surface area (Å²) in [7, 11) is 0. The van der Waals surface area contributed by atoms with Gasteiger partial charge < -0.3 is 10.1 Å². The van der Waals surface area contributed by atoms with E-state index in [1.807, 2.05) is 12.1 Å². The molecule has 1 N–H and O–H groups in total. The molecule has 1 rings (SSSR count). The van der Waals surface area contributed by atoms with Gasteiger partial charge in [0, 0.05) is 6.54 Å². The van der Waals surface area contributed by atoms with Crippen LogP contribution in [0, 0.1) is 11.3 Å². The Morgan fingerprint density at radius 2 is 2.12 bits per heavy atom. The first-order chi connectivity index (χ1) is 7.76. The van der Waals surface area contributed by atoms with Crippen molar-refractivity contribution in [3.05, 3.63) is 35.4 Å². The molecule has 0 saturated heterocycles. The zero-order valence-corrected chi connectivity index (χ0v) is 9.19. The second kappa shape index (κ2) is 6.59. The van der Waals surface area contributed by atoms with Gasteiger partial charge in [-0.3, -0.25) is 4.79 Å². The van der Waals surface area contributed by atoms with Crippen LogP contribution >= 0.6 is 0 Å². The molecule has 0 aliphatic carbocycles. The predicted molar refractivity (Wildman–Crippen MR) is 59.5 cm³/mol. The smallest absolute Gasteiger partial charge is 0.319 e. The monoisotopic (exact) mass is 218 g/mol. The summed E-state index contributed by atoms with van der Waals surface area (Å²) < 4.78 is 4.77. The number of hydrogen-bond acceptors (Lipinski definition) is 4. The second-order valence-electron chi connectivity index (χ2n) is 3.22. The van der Waals surface area contributed by atoms with Gasteiger partial charge in [-0.1, -0.05) is 12.1 Å². The van der Waals surface area contributed by atoms with Gasteiger partial charge in [-0.25, -0.2) is 0 Å². The van der Waals surface area contributed by atoms with Crippen LogP contribution in [0.1, 0.15) is 18.1 Å². The van der Waals surface area contributed by atoms with Gasteiger partial charge in [-0.05, 0) is 24.6 Å². The zero-order chi connectivity index (χ0) is 11.8. The van der Waals surface area contributed by atoms with Crippen LogP contribution in [0.5, 0.6) is 0 Å². The van der Waals surface area contributed by atoms with Gasteiger partial charge in [0.25, 0.3) is 0 Å². The van der Waals surface area contributed by atoms with Gasteiger partial charge >= 0.3 is 5.97 Å². The summed E-state index contributed by atoms with van der Waals surface area (Å²) in [5, 5.41) is 11.6. The second-order valence-corrected chi connectivity index (χ2v) is 3.22. The van der Waals surface area contributed by atoms with E-state index in [0.29, 0.717) is 18.7 Å². The van der Waals surface area contributed by atoms with E-state index < -0.39 is 0 Å². The number of nitrogens with one attached hydrogen (secondary N) is 1. The Kier molecular flexibility index (Phi) is 5.03. The van der Waals surface area contributed by atoms with Gasteiger partial charge in [0.2, 0.25) is 0 Å². The maximum absolute atomic E-state index is 11.0. The molecule has 4 nitrogen and oxygen atoms in total. The molecule has 1 aromatic rings. The van der Waals surface area contributed by atoms with Gasteiger partial charge in [0.05, 0.1) is 24.8 Å². The third kappa shape index (κ3) is 4.11. The summed E-state index contributed by atoms with van der Waals surface area (Å²) in [5.41, 5.74) is 1.66. The van der Waals surface area contributed by atoms with Crippen molar-refractivity contribution < 1.29 is 9.53 Å². The van der Waals surface area contributed by atoms with Crippen molar-refractivity contribution in [1.29, 1.82) is 5.26 Å². The lowest BCUT2D eigenvalue weighted by atomic mass is 10.1. The highest BCUT2D eigenvalue weighted by atomic mass is 16.5. The van der Waals surface area contributed by atoms with Crippen molar-refractivity contribution in [1.82, 2.24) is 5.32 Å². The predicted octanol–water partition coefficient (Wildman–Crippen LogP) is 1.21. The number of carbonyl (C=O) groups excluding carboxylic acids is 1. The zero-order valence-electron chi connectivity index (χ0n) is 9.19. The fourth-order valence-corrected chi connectivity index (χ4v) is 1.22. The maximum atomic E-state index is 11.0. The molecule has 0 unspecified atom stereocenters. The minimum atomic E-state index is -0.254. The number of nitriles is 1. The van der Waals surface area contributed by atoms with E-state index >= 15 is 0 Å². The summed E-state index contributed by atoms with van der Waals surface area (Å²) in [4.78, 5) is 11.0. The molecule has 16 heavy (non-hydrogen) atoms. The summed E-state index contributed by atoms with van der Waals surface area (Å²) in [6, 6.07) is 9.27. The Hall–Kier alpha value is -1.86. The van der Waals surface area contributed by atoms with Crippen LogP contribution in [0.15, 0.2) is 24.3 Å². The molecule has 0 radical (unpaired) electrons. The number of esters is 1. The van der Waals surface area contributed by atoms with Crippen LogP contribution in [-0.4, -0.2) is 19.1 Å². The fraction of sp³-hybridized carbons (Fsp3) is 0.333. The molecular weight excluding hydrogens is 204 g/mol. The van der Waals surface area contributed by atoms with Crippen molar-refractivity contribution in [3.8, 4) is 6.07 Å². The normalized spacial score (nSPS) is 9.50. The first kappa shape index (κ1) is 12.2. The topological polar surface area (TPSA) is 62.1 Å². The van der Waals surface area contributed by atoms with Gasteiger partial charge in [-0.15, -0.1) is 0 Å². The molecule has 0 bridgehead atoms. The molecule has 4 heteroatoms. The summed E-state index contributed by atoms with van der Waals surface area (Å²) in [6.07, 6.45) is 0. The van der Waals surface area contributed by atoms with Crippen molar-refractivity contribution in [2.75, 3.05) is 13.2 Å². The standard InChI is InChI=1S/C12H14N2O2/c1-2-16-12(15)9-14-8-11-5-3-10(7-13)4-6-11/h3-6,14H,2,8-9H2,1H3. The van der Waals surface area contributed by atoms with E-state index in [9.17, 15) is 4.79 Å². The van der Waals surface area contributed by atoms with E-state index in [0.717, 1.165) is 5.56 Å².